The molecule has 0 aliphatic rings. The quantitative estimate of drug-likeness (QED) is 0.00750. The number of anilines is 5. The van der Waals surface area contributed by atoms with Gasteiger partial charge in [-0.05, 0) is 170 Å². The number of hydrogen-bond donors (Lipinski definition) is 17. The Morgan fingerprint density at radius 2 is 0.892 bits per heavy atom. The molecule has 8 aromatic carbocycles. The molecule has 28 N–H and O–H groups in total. The Labute approximate surface area is 615 Å². The molecule has 21 nitrogen and oxygen atoms in total. The van der Waals surface area contributed by atoms with Gasteiger partial charge in [-0.15, -0.1) is 11.8 Å². The number of thioether (sulfide) groups is 1. The van der Waals surface area contributed by atoms with Crippen LogP contribution in [0.2, 0.25) is 0 Å². The van der Waals surface area contributed by atoms with Crippen LogP contribution < -0.4 is 95.0 Å². The number of carbonyl (C=O) groups is 2. The molecule has 0 radical (unpaired) electrons. The van der Waals surface area contributed by atoms with E-state index in [9.17, 15) is 9.59 Å². The molecule has 0 unspecified atom stereocenters. The molecule has 0 bridgehead atoms. The van der Waals surface area contributed by atoms with Crippen LogP contribution in [0.5, 0.6) is 0 Å². The molecule has 0 saturated carbocycles. The number of para-hydroxylation sites is 5. The molecule has 8 rings (SSSR count). The van der Waals surface area contributed by atoms with Crippen molar-refractivity contribution in [1.29, 1.82) is 0 Å². The van der Waals surface area contributed by atoms with Crippen molar-refractivity contribution in [1.82, 2.24) is 26.2 Å². The molecule has 8 aromatic rings. The molecule has 2 amide bonds. The molecule has 0 aliphatic heterocycles. The lowest BCUT2D eigenvalue weighted by Gasteiger charge is -2.22. The number of nitrogen functional groups attached to an aromatic ring is 3. The minimum atomic E-state index is -0.0751. The van der Waals surface area contributed by atoms with E-state index in [1.54, 1.807) is 23.9 Å². The first-order valence-corrected chi connectivity index (χ1v) is 35.7. The van der Waals surface area contributed by atoms with Crippen LogP contribution in [0.25, 0.3) is 0 Å². The number of nitrogens with zero attached hydrogens (tertiary/aromatic N) is 2. The van der Waals surface area contributed by atoms with Crippen LogP contribution in [-0.4, -0.2) is 134 Å². The van der Waals surface area contributed by atoms with Gasteiger partial charge in [0.2, 0.25) is 0 Å². The molecule has 0 saturated heterocycles. The fraction of sp³-hybridized carbons (Fsp3) is 0.362. The molecule has 102 heavy (non-hydrogen) atoms. The minimum absolute atomic E-state index is 0.0751. The highest BCUT2D eigenvalue weighted by molar-refractivity contribution is 7.99. The maximum atomic E-state index is 12.3. The fourth-order valence-corrected chi connectivity index (χ4v) is 9.45. The van der Waals surface area contributed by atoms with Gasteiger partial charge in [0.05, 0.1) is 29.3 Å². The van der Waals surface area contributed by atoms with E-state index in [1.165, 1.54) is 43.8 Å². The zero-order valence-electron chi connectivity index (χ0n) is 62.6. The Morgan fingerprint density at radius 1 is 0.451 bits per heavy atom. The highest BCUT2D eigenvalue weighted by atomic mass is 32.2. The maximum Gasteiger partial charge on any atom is 0.251 e. The van der Waals surface area contributed by atoms with Crippen molar-refractivity contribution in [3.8, 4) is 0 Å². The molecular weight excluding hydrogens is 1290 g/mol. The zero-order valence-corrected chi connectivity index (χ0v) is 63.4. The minimum Gasteiger partial charge on any atom is -0.397 e. The van der Waals surface area contributed by atoms with Crippen molar-refractivity contribution in [2.24, 2.45) is 50.9 Å². The lowest BCUT2D eigenvalue weighted by atomic mass is 9.87. The molecule has 22 heteroatoms. The van der Waals surface area contributed by atoms with Gasteiger partial charge in [-0.25, -0.2) is 0 Å². The van der Waals surface area contributed by atoms with Crippen LogP contribution in [-0.2, 0) is 18.5 Å². The van der Waals surface area contributed by atoms with Crippen LogP contribution in [0.4, 0.5) is 28.4 Å². The van der Waals surface area contributed by atoms with Crippen LogP contribution in [0.15, 0.2) is 198 Å². The predicted molar refractivity (Wildman–Crippen MR) is 440 cm³/mol. The van der Waals surface area contributed by atoms with Gasteiger partial charge in [0, 0.05) is 139 Å². The summed E-state index contributed by atoms with van der Waals surface area (Å²) in [6, 6.07) is 62.0. The number of hydrogen-bond acceptors (Lipinski definition) is 18. The molecule has 0 spiro atoms. The number of benzene rings is 8. The number of aryl methyl sites for hydroxylation is 6. The number of amides is 2. The average molecular weight is 1420 g/mol. The number of guanidine groups is 1. The summed E-state index contributed by atoms with van der Waals surface area (Å²) < 4.78 is 0. The Kier molecular flexibility index (Phi) is 49.6. The second-order valence-electron chi connectivity index (χ2n) is 24.6. The van der Waals surface area contributed by atoms with Gasteiger partial charge in [0.15, 0.2) is 5.96 Å². The smallest absolute Gasteiger partial charge is 0.251 e. The second-order valence-corrected chi connectivity index (χ2v) is 25.8. The Balaban J connectivity index is 0.000000618. The largest absolute Gasteiger partial charge is 0.397 e. The first kappa shape index (κ1) is 91.0. The summed E-state index contributed by atoms with van der Waals surface area (Å²) in [7, 11) is 1.85. The molecule has 558 valence electrons. The molecular formula is C80H125N19O2S. The van der Waals surface area contributed by atoms with E-state index < -0.39 is 0 Å². The number of nitrogens with two attached hydrogens (primary N) is 11. The van der Waals surface area contributed by atoms with Crippen LogP contribution in [0.1, 0.15) is 91.6 Å². The van der Waals surface area contributed by atoms with E-state index in [-0.39, 0.29) is 23.2 Å². The van der Waals surface area contributed by atoms with Crippen molar-refractivity contribution >= 4 is 58.0 Å². The molecule has 0 fully saturated rings. The third kappa shape index (κ3) is 42.9. The zero-order chi connectivity index (χ0) is 75.9. The number of nitrogens with one attached hydrogen (secondary N) is 6. The molecule has 0 aliphatic carbocycles. The number of carbonyl (C=O) groups excluding carboxylic acids is 2. The molecule has 0 heterocycles. The summed E-state index contributed by atoms with van der Waals surface area (Å²) >= 11 is 1.80. The topological polar surface area (TPSA) is 408 Å². The summed E-state index contributed by atoms with van der Waals surface area (Å²) in [6.07, 6.45) is 0. The van der Waals surface area contributed by atoms with E-state index in [0.29, 0.717) is 94.5 Å². The van der Waals surface area contributed by atoms with Gasteiger partial charge in [-0.3, -0.25) is 19.5 Å². The summed E-state index contributed by atoms with van der Waals surface area (Å²) in [5, 5.41) is 18.6. The van der Waals surface area contributed by atoms with E-state index >= 15 is 0 Å². The van der Waals surface area contributed by atoms with Crippen LogP contribution in [0, 0.1) is 41.5 Å². The lowest BCUT2D eigenvalue weighted by molar-refractivity contribution is 0.0948. The van der Waals surface area contributed by atoms with Crippen LogP contribution >= 0.6 is 11.8 Å². The summed E-state index contributed by atoms with van der Waals surface area (Å²) in [6.45, 7) is 30.9. The van der Waals surface area contributed by atoms with Crippen molar-refractivity contribution in [3.05, 3.63) is 249 Å². The van der Waals surface area contributed by atoms with Crippen molar-refractivity contribution < 1.29 is 9.59 Å². The lowest BCUT2D eigenvalue weighted by Crippen LogP contribution is -2.41. The highest BCUT2D eigenvalue weighted by Gasteiger charge is 2.13. The van der Waals surface area contributed by atoms with Gasteiger partial charge in [-0.1, -0.05) is 136 Å². The normalized spacial score (nSPS) is 10.2. The van der Waals surface area contributed by atoms with Gasteiger partial charge in [0.1, 0.15) is 0 Å². The van der Waals surface area contributed by atoms with E-state index in [2.05, 4.69) is 131 Å². The predicted octanol–water partition coefficient (Wildman–Crippen LogP) is 8.90. The molecule has 0 atom stereocenters. The number of aliphatic imine (C=N–C) groups is 1. The first-order valence-electron chi connectivity index (χ1n) is 34.7. The molecule has 0 aromatic heterocycles. The maximum absolute atomic E-state index is 12.3. The second kappa shape index (κ2) is 55.6. The summed E-state index contributed by atoms with van der Waals surface area (Å²) in [5.41, 5.74) is 75.6. The summed E-state index contributed by atoms with van der Waals surface area (Å²) in [4.78, 5) is 31.7. The third-order valence-electron chi connectivity index (χ3n) is 15.1. The fourth-order valence-electron chi connectivity index (χ4n) is 8.74. The van der Waals surface area contributed by atoms with Gasteiger partial charge in [-0.2, -0.15) is 0 Å². The standard InChI is InChI=1S/C24H34N4O2.C13H22N2.C11H18N2.C8H12N2.C8H11NS.C7H10N2.C6H8N2.C3H10N4/c1-17-5-7-21(15-19(17)3)23(29)26-10-13-28(12-9-25)14-11-27-24(30)22-8-6-18(2)20(4)16-22;1-13(2,3)12-6-4-11(5-7-12)10-15-9-8-14;1-9-3-4-11(7-10(9)2)8-13-6-5-12;2*9-6-7-10-8-4-2-1-3-5-8;1-9-7-5-3-2-4-6(7)8;7-5-3-1-2-4-6(5)8;4-1-2-7-3(5)6/h5-8,15-16H,9-14,25H2,1-4H3,(H,26,29)(H,27,30);4-7,15H,8-10,14H2,1-3H3;3-4,7,13H,5-6,8,12H2,1-2H3;1-5,10H,6-7,9H2;1-5H,6-7,9H2;2-5,9H,8H2,1H3;1-4H,7-8H2;1-2,4H2,(H4,5,6,7). The van der Waals surface area contributed by atoms with Gasteiger partial charge in [0.25, 0.3) is 11.8 Å². The average Bonchev–Trinajstić information content (AvgIpc) is 0.888. The summed E-state index contributed by atoms with van der Waals surface area (Å²) in [5.74, 6) is 0.956. The third-order valence-corrected chi connectivity index (χ3v) is 16.2. The van der Waals surface area contributed by atoms with E-state index in [1.807, 2.05) is 156 Å². The monoisotopic (exact) mass is 1420 g/mol. The Morgan fingerprint density at radius 3 is 1.28 bits per heavy atom. The van der Waals surface area contributed by atoms with E-state index in [0.717, 1.165) is 73.2 Å². The van der Waals surface area contributed by atoms with Gasteiger partial charge < -0.3 is 95.0 Å². The Hall–Kier alpha value is -9.04. The number of rotatable bonds is 27. The van der Waals surface area contributed by atoms with Crippen LogP contribution in [0.3, 0.4) is 0 Å². The Bertz CT molecular complexity index is 3380. The van der Waals surface area contributed by atoms with Crippen molar-refractivity contribution in [2.45, 2.75) is 85.7 Å². The SMILES string of the molecule is CC(C)(C)c1ccc(CNCCN)cc1.CNc1ccccc1N.Cc1ccc(C(=O)NCCN(CCN)CCNC(=O)c2ccc(C)c(C)c2)cc1C.Cc1ccc(CNCCN)cc1C.NCCN=C(N)N.NCCNc1ccccc1.NCCSc1ccccc1.Nc1ccccc1N. The van der Waals surface area contributed by atoms with Gasteiger partial charge >= 0.3 is 0 Å². The first-order chi connectivity index (χ1) is 48.9. The van der Waals surface area contributed by atoms with Crippen molar-refractivity contribution in [2.75, 3.05) is 139 Å². The van der Waals surface area contributed by atoms with E-state index in [4.69, 9.17) is 63.1 Å². The highest BCUT2D eigenvalue weighted by Crippen LogP contribution is 2.22. The van der Waals surface area contributed by atoms with Crippen molar-refractivity contribution in [3.63, 3.8) is 0 Å².